The quantitative estimate of drug-likeness (QED) is 0.906. The van der Waals surface area contributed by atoms with E-state index in [1.165, 1.54) is 11.3 Å². The predicted octanol–water partition coefficient (Wildman–Crippen LogP) is 2.57. The number of rotatable bonds is 4. The zero-order chi connectivity index (χ0) is 16.1. The van der Waals surface area contributed by atoms with Gasteiger partial charge in [-0.1, -0.05) is 18.2 Å². The molecule has 1 saturated heterocycles. The van der Waals surface area contributed by atoms with Crippen LogP contribution in [0.3, 0.4) is 0 Å². The van der Waals surface area contributed by atoms with Crippen LogP contribution in [0.1, 0.15) is 10.4 Å². The van der Waals surface area contributed by atoms with Crippen molar-refractivity contribution in [2.24, 2.45) is 0 Å². The Labute approximate surface area is 151 Å². The zero-order valence-electron chi connectivity index (χ0n) is 13.2. The van der Waals surface area contributed by atoms with Gasteiger partial charge in [0.25, 0.3) is 5.91 Å². The first-order chi connectivity index (χ1) is 11.2. The Kier molecular flexibility index (Phi) is 6.63. The second kappa shape index (κ2) is 8.70. The van der Waals surface area contributed by atoms with Gasteiger partial charge in [0.2, 0.25) is 5.91 Å². The molecule has 0 bridgehead atoms. The van der Waals surface area contributed by atoms with Crippen LogP contribution in [0.4, 0.5) is 5.69 Å². The van der Waals surface area contributed by atoms with Crippen LogP contribution in [-0.2, 0) is 4.79 Å². The standard InChI is InChI=1S/C17H19N3O2S.ClH/c21-16(12-18-15-4-2-1-3-5-15)19-7-9-20(10-8-19)17(22)14-6-11-23-13-14;/h1-6,11,13,18H,7-10,12H2;1H. The number of hydrogen-bond donors (Lipinski definition) is 1. The number of piperazine rings is 1. The van der Waals surface area contributed by atoms with Crippen molar-refractivity contribution in [1.29, 1.82) is 0 Å². The summed E-state index contributed by atoms with van der Waals surface area (Å²) in [5, 5.41) is 6.90. The van der Waals surface area contributed by atoms with Gasteiger partial charge < -0.3 is 15.1 Å². The smallest absolute Gasteiger partial charge is 0.254 e. The fourth-order valence-electron chi connectivity index (χ4n) is 2.57. The molecule has 0 saturated carbocycles. The molecule has 2 aromatic rings. The molecule has 1 N–H and O–H groups in total. The fraction of sp³-hybridized carbons (Fsp3) is 0.294. The molecule has 5 nitrogen and oxygen atoms in total. The van der Waals surface area contributed by atoms with Crippen molar-refractivity contribution < 1.29 is 9.59 Å². The molecule has 0 unspecified atom stereocenters. The second-order valence-corrected chi connectivity index (χ2v) is 6.18. The lowest BCUT2D eigenvalue weighted by Gasteiger charge is -2.34. The summed E-state index contributed by atoms with van der Waals surface area (Å²) >= 11 is 1.52. The second-order valence-electron chi connectivity index (χ2n) is 5.40. The van der Waals surface area contributed by atoms with Crippen molar-refractivity contribution in [2.45, 2.75) is 0 Å². The Morgan fingerprint density at radius 1 is 1.00 bits per heavy atom. The van der Waals surface area contributed by atoms with Crippen LogP contribution in [0.2, 0.25) is 0 Å². The van der Waals surface area contributed by atoms with Crippen LogP contribution < -0.4 is 5.32 Å². The predicted molar refractivity (Wildman–Crippen MR) is 99.0 cm³/mol. The average Bonchev–Trinajstić information content (AvgIpc) is 3.15. The lowest BCUT2D eigenvalue weighted by Crippen LogP contribution is -2.51. The Morgan fingerprint density at radius 2 is 1.67 bits per heavy atom. The van der Waals surface area contributed by atoms with Gasteiger partial charge in [-0.2, -0.15) is 11.3 Å². The van der Waals surface area contributed by atoms with Gasteiger partial charge in [-0.05, 0) is 23.6 Å². The number of thiophene rings is 1. The van der Waals surface area contributed by atoms with Gasteiger partial charge in [0.05, 0.1) is 12.1 Å². The summed E-state index contributed by atoms with van der Waals surface area (Å²) in [6, 6.07) is 11.5. The summed E-state index contributed by atoms with van der Waals surface area (Å²) in [4.78, 5) is 28.1. The third kappa shape index (κ3) is 4.49. The molecular weight excluding hydrogens is 346 g/mol. The lowest BCUT2D eigenvalue weighted by atomic mass is 10.2. The van der Waals surface area contributed by atoms with Gasteiger partial charge in [-0.25, -0.2) is 0 Å². The monoisotopic (exact) mass is 365 g/mol. The van der Waals surface area contributed by atoms with Gasteiger partial charge in [0.1, 0.15) is 0 Å². The molecular formula is C17H20ClN3O2S. The third-order valence-corrected chi connectivity index (χ3v) is 4.59. The van der Waals surface area contributed by atoms with E-state index in [4.69, 9.17) is 0 Å². The molecule has 24 heavy (non-hydrogen) atoms. The maximum absolute atomic E-state index is 12.3. The van der Waals surface area contributed by atoms with Crippen LogP contribution in [0, 0.1) is 0 Å². The van der Waals surface area contributed by atoms with Gasteiger partial charge in [0.15, 0.2) is 0 Å². The summed E-state index contributed by atoms with van der Waals surface area (Å²) in [6.45, 7) is 2.64. The molecule has 1 fully saturated rings. The number of amides is 2. The minimum absolute atomic E-state index is 0. The first-order valence-electron chi connectivity index (χ1n) is 7.62. The molecule has 1 aromatic carbocycles. The van der Waals surface area contributed by atoms with E-state index < -0.39 is 0 Å². The lowest BCUT2D eigenvalue weighted by molar-refractivity contribution is -0.130. The highest BCUT2D eigenvalue weighted by Gasteiger charge is 2.24. The van der Waals surface area contributed by atoms with E-state index in [-0.39, 0.29) is 30.8 Å². The van der Waals surface area contributed by atoms with E-state index in [2.05, 4.69) is 5.32 Å². The first kappa shape index (κ1) is 18.3. The van der Waals surface area contributed by atoms with Crippen molar-refractivity contribution in [2.75, 3.05) is 38.0 Å². The molecule has 0 atom stereocenters. The molecule has 7 heteroatoms. The minimum Gasteiger partial charge on any atom is -0.376 e. The van der Waals surface area contributed by atoms with Crippen molar-refractivity contribution in [3.8, 4) is 0 Å². The highest BCUT2D eigenvalue weighted by atomic mass is 35.5. The van der Waals surface area contributed by atoms with Crippen LogP contribution >= 0.6 is 23.7 Å². The van der Waals surface area contributed by atoms with Crippen LogP contribution in [-0.4, -0.2) is 54.3 Å². The van der Waals surface area contributed by atoms with E-state index in [9.17, 15) is 9.59 Å². The number of carbonyl (C=O) groups excluding carboxylic acids is 2. The molecule has 3 rings (SSSR count). The van der Waals surface area contributed by atoms with E-state index in [1.807, 2.05) is 57.0 Å². The van der Waals surface area contributed by atoms with E-state index in [0.717, 1.165) is 11.3 Å². The number of anilines is 1. The Hall–Kier alpha value is -2.05. The third-order valence-electron chi connectivity index (χ3n) is 3.91. The van der Waals surface area contributed by atoms with Gasteiger partial charge in [0, 0.05) is 37.2 Å². The average molecular weight is 366 g/mol. The van der Waals surface area contributed by atoms with Gasteiger partial charge in [-0.15, -0.1) is 12.4 Å². The van der Waals surface area contributed by atoms with Crippen molar-refractivity contribution in [3.63, 3.8) is 0 Å². The van der Waals surface area contributed by atoms with Crippen molar-refractivity contribution >= 4 is 41.2 Å². The van der Waals surface area contributed by atoms with Gasteiger partial charge in [-0.3, -0.25) is 9.59 Å². The molecule has 0 spiro atoms. The summed E-state index contributed by atoms with van der Waals surface area (Å²) in [5.41, 5.74) is 1.67. The van der Waals surface area contributed by atoms with Gasteiger partial charge >= 0.3 is 0 Å². The molecule has 2 heterocycles. The van der Waals surface area contributed by atoms with Crippen molar-refractivity contribution in [1.82, 2.24) is 9.80 Å². The van der Waals surface area contributed by atoms with E-state index in [1.54, 1.807) is 0 Å². The molecule has 128 valence electrons. The number of halogens is 1. The summed E-state index contributed by atoms with van der Waals surface area (Å²) in [7, 11) is 0. The largest absolute Gasteiger partial charge is 0.376 e. The van der Waals surface area contributed by atoms with Crippen LogP contribution in [0.25, 0.3) is 0 Å². The maximum Gasteiger partial charge on any atom is 0.254 e. The summed E-state index contributed by atoms with van der Waals surface area (Å²) < 4.78 is 0. The number of carbonyl (C=O) groups is 2. The Balaban J connectivity index is 0.00000208. The summed E-state index contributed by atoms with van der Waals surface area (Å²) in [5.74, 6) is 0.122. The number of nitrogens with zero attached hydrogens (tertiary/aromatic N) is 2. The van der Waals surface area contributed by atoms with Crippen LogP contribution in [0.5, 0.6) is 0 Å². The maximum atomic E-state index is 12.3. The Bertz CT molecular complexity index is 656. The normalized spacial score (nSPS) is 14.0. The highest BCUT2D eigenvalue weighted by molar-refractivity contribution is 7.08. The fourth-order valence-corrected chi connectivity index (χ4v) is 3.20. The van der Waals surface area contributed by atoms with Crippen LogP contribution in [0.15, 0.2) is 47.2 Å². The number of benzene rings is 1. The molecule has 0 aliphatic carbocycles. The number of para-hydroxylation sites is 1. The molecule has 1 aliphatic rings. The van der Waals surface area contributed by atoms with Crippen molar-refractivity contribution in [3.05, 3.63) is 52.7 Å². The van der Waals surface area contributed by atoms with E-state index >= 15 is 0 Å². The number of hydrogen-bond acceptors (Lipinski definition) is 4. The molecule has 2 amide bonds. The SMILES string of the molecule is Cl.O=C(CNc1ccccc1)N1CCN(C(=O)c2ccsc2)CC1. The minimum atomic E-state index is 0. The Morgan fingerprint density at radius 3 is 2.29 bits per heavy atom. The molecule has 1 aliphatic heterocycles. The molecule has 1 aromatic heterocycles. The highest BCUT2D eigenvalue weighted by Crippen LogP contribution is 2.12. The molecule has 0 radical (unpaired) electrons. The topological polar surface area (TPSA) is 52.7 Å². The van der Waals surface area contributed by atoms with E-state index in [0.29, 0.717) is 26.2 Å². The zero-order valence-corrected chi connectivity index (χ0v) is 14.8. The summed E-state index contributed by atoms with van der Waals surface area (Å²) in [6.07, 6.45) is 0. The number of nitrogens with one attached hydrogen (secondary N) is 1. The first-order valence-corrected chi connectivity index (χ1v) is 8.56.